The van der Waals surface area contributed by atoms with Gasteiger partial charge in [0, 0.05) is 6.42 Å². The van der Waals surface area contributed by atoms with Crippen LogP contribution in [0.4, 0.5) is 0 Å². The number of nitrogens with one attached hydrogen (secondary N) is 1. The van der Waals surface area contributed by atoms with Crippen molar-refractivity contribution in [3.05, 3.63) is 48.6 Å². The Bertz CT molecular complexity index is 1060. The number of carbonyl (C=O) groups excluding carboxylic acids is 2. The van der Waals surface area contributed by atoms with Gasteiger partial charge < -0.3 is 34.5 Å². The molecular weight excluding hydrogens is 670 g/mol. The third kappa shape index (κ3) is 21.4. The van der Waals surface area contributed by atoms with E-state index < -0.39 is 43.4 Å². The molecule has 1 aliphatic heterocycles. The van der Waals surface area contributed by atoms with Gasteiger partial charge in [-0.15, -0.1) is 6.58 Å². The number of benzene rings is 1. The molecule has 1 amide bonds. The van der Waals surface area contributed by atoms with Crippen LogP contribution in [0.5, 0.6) is 0 Å². The first-order valence-electron chi connectivity index (χ1n) is 21.2. The van der Waals surface area contributed by atoms with Crippen LogP contribution in [-0.4, -0.2) is 72.1 Å². The number of hydrogen-bond donors (Lipinski definition) is 3. The van der Waals surface area contributed by atoms with Gasteiger partial charge in [0.25, 0.3) is 0 Å². The molecule has 0 aliphatic carbocycles. The molecule has 0 unspecified atom stereocenters. The van der Waals surface area contributed by atoms with E-state index in [1.165, 1.54) is 89.9 Å². The third-order valence-electron chi connectivity index (χ3n) is 10.2. The quantitative estimate of drug-likeness (QED) is 0.0370. The second-order valence-corrected chi connectivity index (χ2v) is 14.9. The van der Waals surface area contributed by atoms with E-state index in [4.69, 9.17) is 18.9 Å². The maximum Gasteiger partial charge on any atom is 0.306 e. The van der Waals surface area contributed by atoms with Crippen LogP contribution in [-0.2, 0) is 35.1 Å². The van der Waals surface area contributed by atoms with E-state index in [1.54, 1.807) is 6.08 Å². The van der Waals surface area contributed by atoms with Crippen molar-refractivity contribution in [3.8, 4) is 0 Å². The molecule has 6 atom stereocenters. The molecule has 9 heteroatoms. The van der Waals surface area contributed by atoms with E-state index in [0.717, 1.165) is 44.1 Å². The Kier molecular flexibility index (Phi) is 27.4. The third-order valence-corrected chi connectivity index (χ3v) is 10.2. The van der Waals surface area contributed by atoms with E-state index in [9.17, 15) is 19.8 Å². The van der Waals surface area contributed by atoms with E-state index >= 15 is 0 Å². The fourth-order valence-electron chi connectivity index (χ4n) is 7.01. The molecule has 0 spiro atoms. The first-order chi connectivity index (χ1) is 25.9. The Hall–Kier alpha value is -2.30. The summed E-state index contributed by atoms with van der Waals surface area (Å²) in [5.74, 6) is -0.638. The first kappa shape index (κ1) is 46.9. The molecule has 1 saturated heterocycles. The van der Waals surface area contributed by atoms with Crippen molar-refractivity contribution in [2.45, 2.75) is 205 Å². The molecule has 304 valence electrons. The highest BCUT2D eigenvalue weighted by atomic mass is 16.7. The molecule has 53 heavy (non-hydrogen) atoms. The smallest absolute Gasteiger partial charge is 0.306 e. The first-order valence-corrected chi connectivity index (χ1v) is 21.2. The van der Waals surface area contributed by atoms with Gasteiger partial charge in [0.15, 0.2) is 6.29 Å². The fraction of sp³-hybridized carbons (Fsp3) is 0.773. The highest BCUT2D eigenvalue weighted by Gasteiger charge is 2.47. The van der Waals surface area contributed by atoms with E-state index in [0.29, 0.717) is 12.8 Å². The van der Waals surface area contributed by atoms with Crippen molar-refractivity contribution >= 4 is 11.9 Å². The molecule has 3 N–H and O–H groups in total. The summed E-state index contributed by atoms with van der Waals surface area (Å²) in [5.41, 5.74) is 0.899. The van der Waals surface area contributed by atoms with Crippen molar-refractivity contribution in [3.63, 3.8) is 0 Å². The van der Waals surface area contributed by atoms with Crippen molar-refractivity contribution in [2.75, 3.05) is 13.2 Å². The molecule has 9 nitrogen and oxygen atoms in total. The van der Waals surface area contributed by atoms with Gasteiger partial charge >= 0.3 is 5.97 Å². The van der Waals surface area contributed by atoms with Gasteiger partial charge in [0.05, 0.1) is 26.2 Å². The Morgan fingerprint density at radius 3 is 1.91 bits per heavy atom. The number of unbranched alkanes of at least 4 members (excludes halogenated alkanes) is 18. The fourth-order valence-corrected chi connectivity index (χ4v) is 7.01. The molecule has 0 bridgehead atoms. The number of aliphatic hydroxyl groups excluding tert-OH is 2. The zero-order chi connectivity index (χ0) is 38.4. The molecule has 1 aromatic rings. The van der Waals surface area contributed by atoms with E-state index in [1.807, 2.05) is 30.3 Å². The van der Waals surface area contributed by atoms with Gasteiger partial charge in [-0.2, -0.15) is 0 Å². The molecular formula is C44H75NO8. The van der Waals surface area contributed by atoms with Gasteiger partial charge in [0.2, 0.25) is 5.91 Å². The van der Waals surface area contributed by atoms with E-state index in [-0.39, 0.29) is 31.5 Å². The molecule has 1 aliphatic rings. The average Bonchev–Trinajstić information content (AvgIpc) is 3.16. The molecule has 0 saturated carbocycles. The second-order valence-electron chi connectivity index (χ2n) is 14.9. The van der Waals surface area contributed by atoms with Crippen molar-refractivity contribution < 1.29 is 38.7 Å². The van der Waals surface area contributed by atoms with Crippen LogP contribution in [0.1, 0.15) is 167 Å². The summed E-state index contributed by atoms with van der Waals surface area (Å²) in [6.45, 7) is 8.08. The number of amides is 1. The molecule has 2 rings (SSSR count). The summed E-state index contributed by atoms with van der Waals surface area (Å²) in [6.07, 6.45) is 21.7. The Labute approximate surface area is 322 Å². The summed E-state index contributed by atoms with van der Waals surface area (Å²) in [4.78, 5) is 26.6. The standard InChI is InChI=1S/C44H75NO8/c1-4-7-9-11-13-15-16-18-20-22-27-31-40(48)52-37(30-26-21-19-17-14-12-10-8-5-2)33-39(47)45-41-42(49)43(51-35-36-28-24-23-25-29-36)38(34-46)53-44(41)50-32-6-3/h6,23-25,28-29,37-38,41-44,46,49H,3-5,7-22,26-27,30-35H2,1-2H3,(H,45,47)/t37-,38-,41-,42-,43-,44+/m1/s1. The van der Waals surface area contributed by atoms with Crippen molar-refractivity contribution in [1.29, 1.82) is 0 Å². The Balaban J connectivity index is 1.94. The summed E-state index contributed by atoms with van der Waals surface area (Å²) in [6, 6.07) is 8.54. The minimum atomic E-state index is -1.23. The number of hydrogen-bond acceptors (Lipinski definition) is 8. The van der Waals surface area contributed by atoms with Crippen molar-refractivity contribution in [1.82, 2.24) is 5.32 Å². The van der Waals surface area contributed by atoms with Gasteiger partial charge in [-0.05, 0) is 24.8 Å². The van der Waals surface area contributed by atoms with Crippen LogP contribution in [0, 0.1) is 0 Å². The number of ether oxygens (including phenoxy) is 4. The Morgan fingerprint density at radius 2 is 1.36 bits per heavy atom. The summed E-state index contributed by atoms with van der Waals surface area (Å²) in [5, 5.41) is 24.5. The van der Waals surface area contributed by atoms with Crippen LogP contribution in [0.25, 0.3) is 0 Å². The zero-order valence-electron chi connectivity index (χ0n) is 33.4. The topological polar surface area (TPSA) is 124 Å². The number of esters is 1. The maximum absolute atomic E-state index is 13.6. The largest absolute Gasteiger partial charge is 0.462 e. The maximum atomic E-state index is 13.6. The van der Waals surface area contributed by atoms with E-state index in [2.05, 4.69) is 25.7 Å². The summed E-state index contributed by atoms with van der Waals surface area (Å²) >= 11 is 0. The SMILES string of the molecule is C=CCO[C@H]1O[C@H](CO)[C@@H](OCc2ccccc2)[C@H](O)[C@H]1NC(=O)C[C@@H](CCCCCCCCCCC)OC(=O)CCCCCCCCCCCCC. The minimum absolute atomic E-state index is 0.0304. The number of carbonyl (C=O) groups is 2. The lowest BCUT2D eigenvalue weighted by Crippen LogP contribution is -2.65. The highest BCUT2D eigenvalue weighted by molar-refractivity contribution is 5.77. The molecule has 0 radical (unpaired) electrons. The van der Waals surface area contributed by atoms with Crippen LogP contribution < -0.4 is 5.32 Å². The lowest BCUT2D eigenvalue weighted by atomic mass is 9.96. The second kappa shape index (κ2) is 31.0. The van der Waals surface area contributed by atoms with Crippen molar-refractivity contribution in [2.24, 2.45) is 0 Å². The predicted octanol–water partition coefficient (Wildman–Crippen LogP) is 9.26. The normalized spacial score (nSPS) is 20.6. The number of rotatable bonds is 33. The number of aliphatic hydroxyl groups is 2. The minimum Gasteiger partial charge on any atom is -0.462 e. The highest BCUT2D eigenvalue weighted by Crippen LogP contribution is 2.26. The molecule has 1 heterocycles. The van der Waals surface area contributed by atoms with Crippen LogP contribution in [0.15, 0.2) is 43.0 Å². The molecule has 1 aromatic carbocycles. The lowest BCUT2D eigenvalue weighted by molar-refractivity contribution is -0.277. The van der Waals surface area contributed by atoms with Gasteiger partial charge in [0.1, 0.15) is 30.5 Å². The predicted molar refractivity (Wildman–Crippen MR) is 212 cm³/mol. The summed E-state index contributed by atoms with van der Waals surface area (Å²) in [7, 11) is 0. The molecule has 1 fully saturated rings. The zero-order valence-corrected chi connectivity index (χ0v) is 33.4. The van der Waals surface area contributed by atoms with Crippen LogP contribution >= 0.6 is 0 Å². The average molecular weight is 746 g/mol. The van der Waals surface area contributed by atoms with Gasteiger partial charge in [-0.3, -0.25) is 9.59 Å². The monoisotopic (exact) mass is 746 g/mol. The molecule has 0 aromatic heterocycles. The van der Waals surface area contributed by atoms with Gasteiger partial charge in [-0.25, -0.2) is 0 Å². The lowest BCUT2D eigenvalue weighted by Gasteiger charge is -2.44. The van der Waals surface area contributed by atoms with Crippen LogP contribution in [0.2, 0.25) is 0 Å². The Morgan fingerprint density at radius 1 is 0.811 bits per heavy atom. The van der Waals surface area contributed by atoms with Crippen LogP contribution in [0.3, 0.4) is 0 Å². The summed E-state index contributed by atoms with van der Waals surface area (Å²) < 4.78 is 23.8. The van der Waals surface area contributed by atoms with Gasteiger partial charge in [-0.1, -0.05) is 166 Å².